The Kier molecular flexibility index (Phi) is 8.65. The summed E-state index contributed by atoms with van der Waals surface area (Å²) >= 11 is 0. The number of hydrogen-bond acceptors (Lipinski definition) is 6. The fraction of sp³-hybridized carbons (Fsp3) is 0.423. The van der Waals surface area contributed by atoms with Gasteiger partial charge in [-0.05, 0) is 49.3 Å². The zero-order valence-electron chi connectivity index (χ0n) is 21.0. The summed E-state index contributed by atoms with van der Waals surface area (Å²) in [5, 5.41) is 21.0. The van der Waals surface area contributed by atoms with Crippen LogP contribution in [0, 0.1) is 5.41 Å². The maximum atomic E-state index is 13.7. The summed E-state index contributed by atoms with van der Waals surface area (Å²) in [4.78, 5) is 29.5. The number of rotatable bonds is 7. The van der Waals surface area contributed by atoms with Gasteiger partial charge in [0.15, 0.2) is 5.96 Å². The Morgan fingerprint density at radius 1 is 1.08 bits per heavy atom. The molecule has 2 aliphatic rings. The molecule has 11 nitrogen and oxygen atoms in total. The summed E-state index contributed by atoms with van der Waals surface area (Å²) in [5.41, 5.74) is 7.59. The van der Waals surface area contributed by atoms with Crippen LogP contribution in [0.15, 0.2) is 54.6 Å². The van der Waals surface area contributed by atoms with Crippen LogP contribution in [0.1, 0.15) is 36.8 Å². The van der Waals surface area contributed by atoms with Gasteiger partial charge in [0, 0.05) is 12.2 Å². The Morgan fingerprint density at radius 3 is 2.53 bits per heavy atom. The Labute approximate surface area is 222 Å². The number of hydrogen-bond donors (Lipinski definition) is 5. The number of piperidine rings is 1. The molecule has 0 radical (unpaired) electrons. The van der Waals surface area contributed by atoms with E-state index in [4.69, 9.17) is 11.1 Å². The van der Waals surface area contributed by atoms with E-state index in [1.165, 1.54) is 9.80 Å². The standard InChI is InChI=1S/C26H34N6O5S/c27-26(28)31-15-7-13-20(24(31)34)29-23(33)16-32-22-14-5-4-10-19(22)11-6-12-21(25(32)35)30-38(36,37)17-18-8-2-1-3-9-18/h1-5,8-10,14,20-21,24,30,34H,6-7,11-13,15-17H2,(H3,27,28)(H,29,33)/t20-,21+,24?/m1/s1. The smallest absolute Gasteiger partial charge is 0.245 e. The van der Waals surface area contributed by atoms with Crippen LogP contribution in [0.5, 0.6) is 0 Å². The average molecular weight is 543 g/mol. The van der Waals surface area contributed by atoms with E-state index >= 15 is 0 Å². The number of likely N-dealkylation sites (tertiary alicyclic amines) is 1. The number of nitrogens with two attached hydrogens (primary N) is 1. The lowest BCUT2D eigenvalue weighted by Gasteiger charge is -2.39. The number of amides is 2. The summed E-state index contributed by atoms with van der Waals surface area (Å²) in [6.45, 7) is 0.0573. The molecule has 2 aromatic rings. The normalized spacial score (nSPS) is 22.2. The molecule has 0 spiro atoms. The van der Waals surface area contributed by atoms with Gasteiger partial charge in [-0.2, -0.15) is 0 Å². The minimum absolute atomic E-state index is 0.263. The molecule has 0 bridgehead atoms. The third-order valence-corrected chi connectivity index (χ3v) is 8.21. The number of aryl methyl sites for hydroxylation is 1. The number of anilines is 1. The average Bonchev–Trinajstić information content (AvgIpc) is 2.87. The molecular formula is C26H34N6O5S. The fourth-order valence-electron chi connectivity index (χ4n) is 5.02. The first-order valence-electron chi connectivity index (χ1n) is 12.7. The van der Waals surface area contributed by atoms with Crippen molar-refractivity contribution in [3.05, 3.63) is 65.7 Å². The van der Waals surface area contributed by atoms with E-state index in [1.54, 1.807) is 42.5 Å². The van der Waals surface area contributed by atoms with Crippen molar-refractivity contribution < 1.29 is 23.1 Å². The number of nitrogens with zero attached hydrogens (tertiary/aromatic N) is 2. The molecule has 1 unspecified atom stereocenters. The van der Waals surface area contributed by atoms with E-state index in [-0.39, 0.29) is 24.7 Å². The fourth-order valence-corrected chi connectivity index (χ4v) is 6.39. The van der Waals surface area contributed by atoms with Crippen LogP contribution in [-0.4, -0.2) is 67.6 Å². The van der Waals surface area contributed by atoms with E-state index in [9.17, 15) is 23.1 Å². The molecule has 0 aromatic heterocycles. The SMILES string of the molecule is N=C(N)N1CCC[C@@H](NC(=O)CN2C(=O)[C@@H](NS(=O)(=O)Cc3ccccc3)CCCc3ccccc32)C1O. The predicted molar refractivity (Wildman–Crippen MR) is 144 cm³/mol. The summed E-state index contributed by atoms with van der Waals surface area (Å²) in [7, 11) is -3.84. The lowest BCUT2D eigenvalue weighted by molar-refractivity contribution is -0.126. The van der Waals surface area contributed by atoms with E-state index in [1.807, 2.05) is 12.1 Å². The maximum absolute atomic E-state index is 13.7. The van der Waals surface area contributed by atoms with E-state index in [2.05, 4.69) is 10.0 Å². The first kappa shape index (κ1) is 27.6. The molecule has 12 heteroatoms. The molecule has 2 aromatic carbocycles. The second-order valence-electron chi connectivity index (χ2n) is 9.67. The molecule has 0 saturated carbocycles. The van der Waals surface area contributed by atoms with Gasteiger partial charge >= 0.3 is 0 Å². The first-order chi connectivity index (χ1) is 18.1. The quantitative estimate of drug-likeness (QED) is 0.253. The highest BCUT2D eigenvalue weighted by Crippen LogP contribution is 2.27. The second kappa shape index (κ2) is 11.9. The number of guanidine groups is 1. The zero-order chi connectivity index (χ0) is 27.3. The highest BCUT2D eigenvalue weighted by Gasteiger charge is 2.35. The maximum Gasteiger partial charge on any atom is 0.245 e. The minimum Gasteiger partial charge on any atom is -0.371 e. The number of fused-ring (bicyclic) bond motifs is 1. The third-order valence-electron chi connectivity index (χ3n) is 6.86. The van der Waals surface area contributed by atoms with Crippen molar-refractivity contribution in [2.24, 2.45) is 5.73 Å². The number of aliphatic hydroxyl groups excluding tert-OH is 1. The van der Waals surface area contributed by atoms with Crippen LogP contribution in [0.2, 0.25) is 0 Å². The van der Waals surface area contributed by atoms with Gasteiger partial charge in [-0.15, -0.1) is 0 Å². The van der Waals surface area contributed by atoms with Gasteiger partial charge in [-0.25, -0.2) is 13.1 Å². The molecule has 2 aliphatic heterocycles. The summed E-state index contributed by atoms with van der Waals surface area (Å²) in [6, 6.07) is 14.3. The molecule has 3 atom stereocenters. The van der Waals surface area contributed by atoms with Gasteiger partial charge in [-0.3, -0.25) is 15.0 Å². The van der Waals surface area contributed by atoms with Crippen LogP contribution in [0.4, 0.5) is 5.69 Å². The highest BCUT2D eigenvalue weighted by atomic mass is 32.2. The van der Waals surface area contributed by atoms with Crippen molar-refractivity contribution in [1.82, 2.24) is 14.9 Å². The van der Waals surface area contributed by atoms with E-state index in [0.717, 1.165) is 5.56 Å². The lowest BCUT2D eigenvalue weighted by Crippen LogP contribution is -2.60. The summed E-state index contributed by atoms with van der Waals surface area (Å²) < 4.78 is 28.5. The molecule has 0 aliphatic carbocycles. The molecule has 6 N–H and O–H groups in total. The number of para-hydroxylation sites is 1. The van der Waals surface area contributed by atoms with Crippen molar-refractivity contribution in [3.8, 4) is 0 Å². The molecule has 204 valence electrons. The van der Waals surface area contributed by atoms with Crippen LogP contribution >= 0.6 is 0 Å². The van der Waals surface area contributed by atoms with Gasteiger partial charge in [0.2, 0.25) is 21.8 Å². The van der Waals surface area contributed by atoms with Gasteiger partial charge in [-0.1, -0.05) is 48.5 Å². The Hall–Kier alpha value is -3.48. The van der Waals surface area contributed by atoms with Crippen molar-refractivity contribution in [1.29, 1.82) is 5.41 Å². The zero-order valence-corrected chi connectivity index (χ0v) is 21.9. The third kappa shape index (κ3) is 6.69. The lowest BCUT2D eigenvalue weighted by atomic mass is 9.98. The summed E-state index contributed by atoms with van der Waals surface area (Å²) in [6.07, 6.45) is 1.46. The van der Waals surface area contributed by atoms with Gasteiger partial charge in [0.25, 0.3) is 0 Å². The number of sulfonamides is 1. The van der Waals surface area contributed by atoms with E-state index < -0.39 is 40.1 Å². The number of aliphatic hydroxyl groups is 1. The largest absolute Gasteiger partial charge is 0.371 e. The minimum atomic E-state index is -3.84. The van der Waals surface area contributed by atoms with Crippen LogP contribution in [-0.2, 0) is 31.8 Å². The number of carbonyl (C=O) groups excluding carboxylic acids is 2. The predicted octanol–water partition coefficient (Wildman–Crippen LogP) is 0.637. The highest BCUT2D eigenvalue weighted by molar-refractivity contribution is 7.88. The van der Waals surface area contributed by atoms with Crippen LogP contribution < -0.4 is 20.7 Å². The van der Waals surface area contributed by atoms with E-state index in [0.29, 0.717) is 43.5 Å². The monoisotopic (exact) mass is 542 g/mol. The van der Waals surface area contributed by atoms with Crippen LogP contribution in [0.25, 0.3) is 0 Å². The Bertz CT molecular complexity index is 1270. The number of carbonyl (C=O) groups is 2. The number of nitrogens with one attached hydrogen (secondary N) is 3. The molecule has 1 saturated heterocycles. The van der Waals surface area contributed by atoms with Crippen molar-refractivity contribution >= 4 is 33.5 Å². The summed E-state index contributed by atoms with van der Waals surface area (Å²) in [5.74, 6) is -1.57. The van der Waals surface area contributed by atoms with Crippen molar-refractivity contribution in [2.45, 2.75) is 56.2 Å². The van der Waals surface area contributed by atoms with Gasteiger partial charge in [0.05, 0.1) is 11.8 Å². The first-order valence-corrected chi connectivity index (χ1v) is 14.3. The molecule has 4 rings (SSSR count). The molecule has 1 fully saturated rings. The Balaban J connectivity index is 1.53. The van der Waals surface area contributed by atoms with Gasteiger partial charge in [0.1, 0.15) is 18.8 Å². The van der Waals surface area contributed by atoms with Crippen LogP contribution in [0.3, 0.4) is 0 Å². The van der Waals surface area contributed by atoms with Gasteiger partial charge < -0.3 is 26.0 Å². The van der Waals surface area contributed by atoms with Crippen molar-refractivity contribution in [3.63, 3.8) is 0 Å². The topological polar surface area (TPSA) is 169 Å². The Morgan fingerprint density at radius 2 is 1.79 bits per heavy atom. The molecule has 2 amide bonds. The van der Waals surface area contributed by atoms with Crippen molar-refractivity contribution in [2.75, 3.05) is 18.0 Å². The second-order valence-corrected chi connectivity index (χ2v) is 11.4. The molecule has 38 heavy (non-hydrogen) atoms. The molecular weight excluding hydrogens is 508 g/mol. The number of benzene rings is 2. The molecule has 2 heterocycles.